The highest BCUT2D eigenvalue weighted by Crippen LogP contribution is 2.41. The lowest BCUT2D eigenvalue weighted by Gasteiger charge is -2.24. The van der Waals surface area contributed by atoms with Crippen molar-refractivity contribution in [2.45, 2.75) is 6.17 Å². The molecular formula is C57H37N3O2. The van der Waals surface area contributed by atoms with E-state index in [1.165, 1.54) is 11.1 Å². The molecule has 12 rings (SSSR count). The Morgan fingerprint density at radius 1 is 0.355 bits per heavy atom. The van der Waals surface area contributed by atoms with Crippen molar-refractivity contribution in [3.05, 3.63) is 229 Å². The molecule has 1 unspecified atom stereocenters. The summed E-state index contributed by atoms with van der Waals surface area (Å²) in [5.41, 5.74) is 15.4. The summed E-state index contributed by atoms with van der Waals surface area (Å²) in [5, 5.41) is 7.79. The molecule has 0 amide bonds. The largest absolute Gasteiger partial charge is 0.456 e. The average Bonchev–Trinajstić information content (AvgIpc) is 3.93. The van der Waals surface area contributed by atoms with E-state index in [0.717, 1.165) is 99.8 Å². The molecule has 0 aliphatic carbocycles. The van der Waals surface area contributed by atoms with Crippen molar-refractivity contribution in [3.8, 4) is 44.5 Å². The number of furan rings is 2. The quantitative estimate of drug-likeness (QED) is 0.175. The molecule has 3 heterocycles. The van der Waals surface area contributed by atoms with Gasteiger partial charge in [-0.2, -0.15) is 0 Å². The molecule has 11 aromatic rings. The van der Waals surface area contributed by atoms with Gasteiger partial charge < -0.3 is 14.2 Å². The van der Waals surface area contributed by atoms with E-state index >= 15 is 0 Å². The normalized spacial score (nSPS) is 14.0. The number of hydrogen-bond acceptors (Lipinski definition) is 5. The van der Waals surface area contributed by atoms with Gasteiger partial charge in [-0.25, -0.2) is 9.98 Å². The topological polar surface area (TPSA) is 63.0 Å². The van der Waals surface area contributed by atoms with Crippen molar-refractivity contribution in [2.24, 2.45) is 9.98 Å². The predicted molar refractivity (Wildman–Crippen MR) is 255 cm³/mol. The van der Waals surface area contributed by atoms with Crippen LogP contribution in [0.2, 0.25) is 0 Å². The monoisotopic (exact) mass is 795 g/mol. The van der Waals surface area contributed by atoms with Gasteiger partial charge in [0.15, 0.2) is 5.84 Å². The molecule has 2 aromatic heterocycles. The van der Waals surface area contributed by atoms with E-state index in [0.29, 0.717) is 5.84 Å². The molecule has 0 saturated carbocycles. The minimum absolute atomic E-state index is 0.371. The van der Waals surface area contributed by atoms with Crippen LogP contribution in [-0.2, 0) is 0 Å². The van der Waals surface area contributed by atoms with Gasteiger partial charge in [-0.15, -0.1) is 0 Å². The first-order chi connectivity index (χ1) is 30.7. The van der Waals surface area contributed by atoms with E-state index in [1.54, 1.807) is 0 Å². The van der Waals surface area contributed by atoms with E-state index in [1.807, 2.05) is 42.5 Å². The predicted octanol–water partition coefficient (Wildman–Crippen LogP) is 14.6. The maximum absolute atomic E-state index is 6.57. The third-order valence-corrected chi connectivity index (χ3v) is 12.0. The van der Waals surface area contributed by atoms with Gasteiger partial charge in [-0.1, -0.05) is 170 Å². The van der Waals surface area contributed by atoms with Crippen LogP contribution in [0.1, 0.15) is 22.9 Å². The minimum Gasteiger partial charge on any atom is -0.456 e. The van der Waals surface area contributed by atoms with Crippen molar-refractivity contribution in [3.63, 3.8) is 0 Å². The van der Waals surface area contributed by atoms with E-state index in [4.69, 9.17) is 18.8 Å². The highest BCUT2D eigenvalue weighted by molar-refractivity contribution is 6.22. The Kier molecular flexibility index (Phi) is 8.49. The highest BCUT2D eigenvalue weighted by atomic mass is 16.3. The molecule has 5 heteroatoms. The van der Waals surface area contributed by atoms with Crippen molar-refractivity contribution >= 4 is 55.5 Å². The average molecular weight is 796 g/mol. The molecule has 0 spiro atoms. The lowest BCUT2D eigenvalue weighted by Crippen LogP contribution is -2.33. The van der Waals surface area contributed by atoms with Crippen LogP contribution in [0, 0.1) is 0 Å². The van der Waals surface area contributed by atoms with Crippen molar-refractivity contribution in [1.82, 2.24) is 5.32 Å². The SMILES string of the molecule is c1ccc(C2=NC(c3cccc4oc5ccc(-c6cccc7oc8ccc(-c9ccc(-c%10ccccc%10)cc9)cc8c67)cc5c34)=NC(c3cccc(-c4ccccc4)c3)N2)cc1. The second-order valence-corrected chi connectivity index (χ2v) is 15.7. The zero-order chi connectivity index (χ0) is 41.0. The second kappa shape index (κ2) is 14.8. The van der Waals surface area contributed by atoms with Crippen LogP contribution in [0.15, 0.2) is 231 Å². The first-order valence-electron chi connectivity index (χ1n) is 20.9. The second-order valence-electron chi connectivity index (χ2n) is 15.7. The van der Waals surface area contributed by atoms with Crippen molar-refractivity contribution < 1.29 is 8.83 Å². The van der Waals surface area contributed by atoms with E-state index in [-0.39, 0.29) is 6.17 Å². The summed E-state index contributed by atoms with van der Waals surface area (Å²) in [6.45, 7) is 0. The van der Waals surface area contributed by atoms with Gasteiger partial charge in [0.2, 0.25) is 0 Å². The molecule has 5 nitrogen and oxygen atoms in total. The fourth-order valence-corrected chi connectivity index (χ4v) is 8.91. The van der Waals surface area contributed by atoms with Crippen molar-refractivity contribution in [2.75, 3.05) is 0 Å². The molecule has 9 aromatic carbocycles. The van der Waals surface area contributed by atoms with Gasteiger partial charge in [0.25, 0.3) is 0 Å². The Morgan fingerprint density at radius 3 is 1.48 bits per heavy atom. The van der Waals surface area contributed by atoms with Gasteiger partial charge >= 0.3 is 0 Å². The fourth-order valence-electron chi connectivity index (χ4n) is 8.91. The Balaban J connectivity index is 0.980. The number of rotatable bonds is 7. The van der Waals surface area contributed by atoms with Crippen LogP contribution in [0.4, 0.5) is 0 Å². The van der Waals surface area contributed by atoms with Gasteiger partial charge in [0, 0.05) is 32.7 Å². The standard InChI is InChI=1S/C57H37N3O2/c1-4-13-36(14-5-1)38-25-27-39(28-26-38)42-29-31-49-47(34-42)53-45(21-11-23-51(53)61-49)43-30-32-50-48(35-43)54-46(22-12-24-52(54)62-50)57-59-55(40-17-8-3-9-18-40)58-56(60-57)44-20-10-19-41(33-44)37-15-6-2-7-16-37/h1-35,56H,(H,58,59,60). The highest BCUT2D eigenvalue weighted by Gasteiger charge is 2.24. The van der Waals surface area contributed by atoms with Gasteiger partial charge in [0.1, 0.15) is 34.3 Å². The Bertz CT molecular complexity index is 3530. The molecule has 292 valence electrons. The number of aliphatic imine (C=N–C) groups is 2. The van der Waals surface area contributed by atoms with Crippen LogP contribution in [-0.4, -0.2) is 11.7 Å². The third kappa shape index (κ3) is 6.27. The lowest BCUT2D eigenvalue weighted by molar-refractivity contribution is 0.668. The summed E-state index contributed by atoms with van der Waals surface area (Å²) in [7, 11) is 0. The first-order valence-corrected chi connectivity index (χ1v) is 20.9. The van der Waals surface area contributed by atoms with Crippen molar-refractivity contribution in [1.29, 1.82) is 0 Å². The summed E-state index contributed by atoms with van der Waals surface area (Å²) in [6, 6.07) is 74.0. The Hall–Kier alpha value is -8.28. The molecule has 62 heavy (non-hydrogen) atoms. The van der Waals surface area contributed by atoms with E-state index in [9.17, 15) is 0 Å². The van der Waals surface area contributed by atoms with Crippen LogP contribution in [0.25, 0.3) is 88.4 Å². The maximum atomic E-state index is 6.57. The number of nitrogens with zero attached hydrogens (tertiary/aromatic N) is 2. The van der Waals surface area contributed by atoms with Crippen LogP contribution < -0.4 is 5.32 Å². The Labute approximate surface area is 358 Å². The summed E-state index contributed by atoms with van der Waals surface area (Å²) in [4.78, 5) is 10.6. The number of nitrogens with one attached hydrogen (secondary N) is 1. The molecule has 0 radical (unpaired) electrons. The molecule has 0 fully saturated rings. The molecule has 1 N–H and O–H groups in total. The number of hydrogen-bond donors (Lipinski definition) is 1. The zero-order valence-corrected chi connectivity index (χ0v) is 33.5. The molecule has 0 bridgehead atoms. The van der Waals surface area contributed by atoms with E-state index in [2.05, 4.69) is 175 Å². The summed E-state index contributed by atoms with van der Waals surface area (Å²) in [5.74, 6) is 1.41. The van der Waals surface area contributed by atoms with Crippen LogP contribution >= 0.6 is 0 Å². The first kappa shape index (κ1) is 35.6. The molecular weight excluding hydrogens is 759 g/mol. The smallest absolute Gasteiger partial charge is 0.160 e. The van der Waals surface area contributed by atoms with E-state index < -0.39 is 0 Å². The van der Waals surface area contributed by atoms with Crippen LogP contribution in [0.5, 0.6) is 0 Å². The Morgan fingerprint density at radius 2 is 0.823 bits per heavy atom. The zero-order valence-electron chi connectivity index (χ0n) is 33.5. The summed E-state index contributed by atoms with van der Waals surface area (Å²) >= 11 is 0. The molecule has 1 aliphatic heterocycles. The summed E-state index contributed by atoms with van der Waals surface area (Å²) < 4.78 is 13.1. The summed E-state index contributed by atoms with van der Waals surface area (Å²) in [6.07, 6.45) is -0.371. The maximum Gasteiger partial charge on any atom is 0.160 e. The molecule has 0 saturated heterocycles. The number of amidine groups is 2. The third-order valence-electron chi connectivity index (χ3n) is 12.0. The number of benzene rings is 9. The number of fused-ring (bicyclic) bond motifs is 6. The van der Waals surface area contributed by atoms with Crippen LogP contribution in [0.3, 0.4) is 0 Å². The van der Waals surface area contributed by atoms with Gasteiger partial charge in [-0.05, 0) is 92.5 Å². The molecule has 1 aliphatic rings. The molecule has 1 atom stereocenters. The fraction of sp³-hybridized carbons (Fsp3) is 0.0175. The van der Waals surface area contributed by atoms with Gasteiger partial charge in [-0.3, -0.25) is 0 Å². The minimum atomic E-state index is -0.371. The lowest BCUT2D eigenvalue weighted by atomic mass is 9.95. The van der Waals surface area contributed by atoms with Gasteiger partial charge in [0.05, 0.1) is 0 Å².